The smallest absolute Gasteiger partial charge is 0.255 e. The predicted octanol–water partition coefficient (Wildman–Crippen LogP) is 3.46. The van der Waals surface area contributed by atoms with E-state index in [9.17, 15) is 9.59 Å². The van der Waals surface area contributed by atoms with Gasteiger partial charge in [-0.25, -0.2) is 0 Å². The first-order chi connectivity index (χ1) is 13.6. The van der Waals surface area contributed by atoms with Crippen molar-refractivity contribution >= 4 is 17.5 Å². The molecule has 2 aromatic carbocycles. The largest absolute Gasteiger partial charge is 0.339 e. The second-order valence-electron chi connectivity index (χ2n) is 8.09. The summed E-state index contributed by atoms with van der Waals surface area (Å²) in [7, 11) is 0. The second-order valence-corrected chi connectivity index (χ2v) is 8.09. The number of para-hydroxylation sites is 1. The number of hydrogen-bond donors (Lipinski definition) is 2. The van der Waals surface area contributed by atoms with Crippen molar-refractivity contribution in [3.8, 4) is 0 Å². The third kappa shape index (κ3) is 3.80. The molecule has 2 saturated heterocycles. The number of amides is 2. The summed E-state index contributed by atoms with van der Waals surface area (Å²) in [4.78, 5) is 27.7. The molecule has 146 valence electrons. The van der Waals surface area contributed by atoms with Crippen LogP contribution in [0.4, 0.5) is 5.69 Å². The molecule has 0 aromatic heterocycles. The van der Waals surface area contributed by atoms with Gasteiger partial charge >= 0.3 is 0 Å². The lowest BCUT2D eigenvalue weighted by Crippen LogP contribution is -2.44. The van der Waals surface area contributed by atoms with Crippen LogP contribution < -0.4 is 10.6 Å². The van der Waals surface area contributed by atoms with E-state index in [1.54, 1.807) is 18.2 Å². The Morgan fingerprint density at radius 1 is 1.04 bits per heavy atom. The third-order valence-electron chi connectivity index (χ3n) is 6.13. The molecule has 0 bridgehead atoms. The Morgan fingerprint density at radius 3 is 2.54 bits per heavy atom. The minimum atomic E-state index is -0.196. The van der Waals surface area contributed by atoms with Crippen molar-refractivity contribution in [3.05, 3.63) is 65.2 Å². The topological polar surface area (TPSA) is 61.4 Å². The highest BCUT2D eigenvalue weighted by atomic mass is 16.2. The van der Waals surface area contributed by atoms with E-state index in [4.69, 9.17) is 0 Å². The number of carbonyl (C=O) groups excluding carboxylic acids is 2. The van der Waals surface area contributed by atoms with Crippen LogP contribution in [0.5, 0.6) is 0 Å². The third-order valence-corrected chi connectivity index (χ3v) is 6.13. The molecule has 2 N–H and O–H groups in total. The van der Waals surface area contributed by atoms with Crippen molar-refractivity contribution in [2.75, 3.05) is 31.5 Å². The van der Waals surface area contributed by atoms with E-state index in [-0.39, 0.29) is 11.8 Å². The molecule has 2 amide bonds. The monoisotopic (exact) mass is 377 g/mol. The lowest BCUT2D eigenvalue weighted by atomic mass is 9.78. The molecule has 2 fully saturated rings. The van der Waals surface area contributed by atoms with E-state index in [1.165, 1.54) is 6.42 Å². The van der Waals surface area contributed by atoms with Crippen LogP contribution in [0.1, 0.15) is 45.5 Å². The van der Waals surface area contributed by atoms with Crippen LogP contribution >= 0.6 is 0 Å². The van der Waals surface area contributed by atoms with Gasteiger partial charge in [0.15, 0.2) is 0 Å². The van der Waals surface area contributed by atoms with Gasteiger partial charge in [0.1, 0.15) is 0 Å². The number of likely N-dealkylation sites (tertiary alicyclic amines) is 1. The quantitative estimate of drug-likeness (QED) is 0.861. The van der Waals surface area contributed by atoms with Crippen molar-refractivity contribution in [2.24, 2.45) is 5.41 Å². The van der Waals surface area contributed by atoms with E-state index in [0.717, 1.165) is 44.6 Å². The SMILES string of the molecule is Cc1cccc(C(=O)Nc2ccccc2C(=O)N2CCC3(CCNC3)CC2)c1. The summed E-state index contributed by atoms with van der Waals surface area (Å²) in [5.74, 6) is -0.195. The second kappa shape index (κ2) is 7.76. The first kappa shape index (κ1) is 18.7. The fraction of sp³-hybridized carbons (Fsp3) is 0.391. The highest BCUT2D eigenvalue weighted by Crippen LogP contribution is 2.37. The van der Waals surface area contributed by atoms with Crippen LogP contribution in [-0.4, -0.2) is 42.9 Å². The van der Waals surface area contributed by atoms with E-state index in [2.05, 4.69) is 10.6 Å². The first-order valence-corrected chi connectivity index (χ1v) is 10.0. The number of hydrogen-bond acceptors (Lipinski definition) is 3. The van der Waals surface area contributed by atoms with Crippen molar-refractivity contribution in [1.29, 1.82) is 0 Å². The molecule has 5 heteroatoms. The maximum absolute atomic E-state index is 13.2. The number of rotatable bonds is 3. The van der Waals surface area contributed by atoms with Gasteiger partial charge in [0.05, 0.1) is 11.3 Å². The normalized spacial score (nSPS) is 18.2. The zero-order valence-corrected chi connectivity index (χ0v) is 16.3. The predicted molar refractivity (Wildman–Crippen MR) is 111 cm³/mol. The molecule has 0 unspecified atom stereocenters. The van der Waals surface area contributed by atoms with Crippen molar-refractivity contribution in [3.63, 3.8) is 0 Å². The van der Waals surface area contributed by atoms with Crippen molar-refractivity contribution in [1.82, 2.24) is 10.2 Å². The van der Waals surface area contributed by atoms with E-state index in [1.807, 2.05) is 42.2 Å². The Kier molecular flexibility index (Phi) is 5.18. The Balaban J connectivity index is 1.48. The average Bonchev–Trinajstić information content (AvgIpc) is 3.16. The Bertz CT molecular complexity index is 877. The molecule has 0 saturated carbocycles. The zero-order valence-electron chi connectivity index (χ0n) is 16.3. The number of nitrogens with zero attached hydrogens (tertiary/aromatic N) is 1. The standard InChI is InChI=1S/C23H27N3O2/c1-17-5-4-6-18(15-17)21(27)25-20-8-3-2-7-19(20)22(28)26-13-10-23(11-14-26)9-12-24-16-23/h2-8,15,24H,9-14,16H2,1H3,(H,25,27). The van der Waals surface area contributed by atoms with Crippen LogP contribution in [-0.2, 0) is 0 Å². The van der Waals surface area contributed by atoms with Crippen molar-refractivity contribution in [2.45, 2.75) is 26.2 Å². The van der Waals surface area contributed by atoms with Crippen LogP contribution in [0, 0.1) is 12.3 Å². The molecular formula is C23H27N3O2. The molecule has 2 aromatic rings. The molecular weight excluding hydrogens is 350 g/mol. The summed E-state index contributed by atoms with van der Waals surface area (Å²) in [5.41, 5.74) is 3.12. The van der Waals surface area contributed by atoms with E-state index in [0.29, 0.717) is 22.2 Å². The first-order valence-electron chi connectivity index (χ1n) is 10.0. The molecule has 2 heterocycles. The molecule has 0 aliphatic carbocycles. The molecule has 0 radical (unpaired) electrons. The Morgan fingerprint density at radius 2 is 1.82 bits per heavy atom. The summed E-state index contributed by atoms with van der Waals surface area (Å²) < 4.78 is 0. The van der Waals surface area contributed by atoms with Gasteiger partial charge in [-0.15, -0.1) is 0 Å². The van der Waals surface area contributed by atoms with Gasteiger partial charge in [0.25, 0.3) is 11.8 Å². The summed E-state index contributed by atoms with van der Waals surface area (Å²) in [6.07, 6.45) is 3.30. The van der Waals surface area contributed by atoms with Gasteiger partial charge in [-0.2, -0.15) is 0 Å². The van der Waals surface area contributed by atoms with Crippen LogP contribution in [0.15, 0.2) is 48.5 Å². The summed E-state index contributed by atoms with van der Waals surface area (Å²) in [6, 6.07) is 14.7. The molecule has 0 atom stereocenters. The molecule has 1 spiro atoms. The molecule has 4 rings (SSSR count). The van der Waals surface area contributed by atoms with Crippen LogP contribution in [0.2, 0.25) is 0 Å². The Hall–Kier alpha value is -2.66. The van der Waals surface area contributed by atoms with Gasteiger partial charge < -0.3 is 15.5 Å². The summed E-state index contributed by atoms with van der Waals surface area (Å²) >= 11 is 0. The number of benzene rings is 2. The maximum atomic E-state index is 13.2. The number of piperidine rings is 1. The lowest BCUT2D eigenvalue weighted by molar-refractivity contribution is 0.0608. The number of carbonyl (C=O) groups is 2. The summed E-state index contributed by atoms with van der Waals surface area (Å²) in [5, 5.41) is 6.38. The highest BCUT2D eigenvalue weighted by Gasteiger charge is 2.38. The molecule has 2 aliphatic heterocycles. The fourth-order valence-electron chi connectivity index (χ4n) is 4.34. The molecule has 5 nitrogen and oxygen atoms in total. The van der Waals surface area contributed by atoms with Gasteiger partial charge in [0.2, 0.25) is 0 Å². The number of aryl methyl sites for hydroxylation is 1. The average molecular weight is 377 g/mol. The summed E-state index contributed by atoms with van der Waals surface area (Å²) in [6.45, 7) is 5.67. The molecule has 2 aliphatic rings. The fourth-order valence-corrected chi connectivity index (χ4v) is 4.34. The van der Waals surface area contributed by atoms with Gasteiger partial charge in [-0.1, -0.05) is 29.8 Å². The lowest BCUT2D eigenvalue weighted by Gasteiger charge is -2.39. The van der Waals surface area contributed by atoms with Gasteiger partial charge in [-0.05, 0) is 62.4 Å². The zero-order chi connectivity index (χ0) is 19.6. The minimum Gasteiger partial charge on any atom is -0.339 e. The highest BCUT2D eigenvalue weighted by molar-refractivity contribution is 6.09. The minimum absolute atomic E-state index is 0.000878. The number of nitrogens with one attached hydrogen (secondary N) is 2. The van der Waals surface area contributed by atoms with E-state index >= 15 is 0 Å². The van der Waals surface area contributed by atoms with Crippen LogP contribution in [0.3, 0.4) is 0 Å². The Labute approximate surface area is 166 Å². The van der Waals surface area contributed by atoms with Crippen LogP contribution in [0.25, 0.3) is 0 Å². The molecule has 28 heavy (non-hydrogen) atoms. The number of anilines is 1. The van der Waals surface area contributed by atoms with Gasteiger partial charge in [0, 0.05) is 25.2 Å². The van der Waals surface area contributed by atoms with E-state index < -0.39 is 0 Å². The maximum Gasteiger partial charge on any atom is 0.255 e. The van der Waals surface area contributed by atoms with Gasteiger partial charge in [-0.3, -0.25) is 9.59 Å². The van der Waals surface area contributed by atoms with Crippen molar-refractivity contribution < 1.29 is 9.59 Å².